The van der Waals surface area contributed by atoms with Gasteiger partial charge >= 0.3 is 0 Å². The molecular weight excluding hydrogens is 269 g/mol. The molecule has 2 aromatic rings. The van der Waals surface area contributed by atoms with Crippen LogP contribution in [-0.4, -0.2) is 24.0 Å². The van der Waals surface area contributed by atoms with Crippen molar-refractivity contribution in [1.82, 2.24) is 10.3 Å². The van der Waals surface area contributed by atoms with Gasteiger partial charge in [0.2, 0.25) is 0 Å². The molecule has 0 spiro atoms. The maximum Gasteiger partial charge on any atom is 0.250 e. The molecule has 0 saturated carbocycles. The van der Waals surface area contributed by atoms with Crippen LogP contribution in [0.5, 0.6) is 0 Å². The van der Waals surface area contributed by atoms with Crippen LogP contribution in [0.3, 0.4) is 0 Å². The zero-order chi connectivity index (χ0) is 15.1. The van der Waals surface area contributed by atoms with Crippen LogP contribution in [-0.2, 0) is 0 Å². The van der Waals surface area contributed by atoms with Crippen molar-refractivity contribution in [3.63, 3.8) is 0 Å². The van der Waals surface area contributed by atoms with E-state index >= 15 is 0 Å². The van der Waals surface area contributed by atoms with E-state index in [0.29, 0.717) is 11.1 Å². The van der Waals surface area contributed by atoms with E-state index < -0.39 is 5.91 Å². The fourth-order valence-electron chi connectivity index (χ4n) is 3.35. The van der Waals surface area contributed by atoms with E-state index in [1.807, 2.05) is 13.8 Å². The minimum absolute atomic E-state index is 0.136. The maximum atomic E-state index is 14.7. The van der Waals surface area contributed by atoms with Crippen molar-refractivity contribution in [2.45, 2.75) is 32.6 Å². The number of carbonyl (C=O) groups is 1. The zero-order valence-electron chi connectivity index (χ0n) is 12.3. The van der Waals surface area contributed by atoms with Gasteiger partial charge in [-0.2, -0.15) is 0 Å². The van der Waals surface area contributed by atoms with Crippen molar-refractivity contribution >= 4 is 16.8 Å². The second-order valence-corrected chi connectivity index (χ2v) is 5.85. The van der Waals surface area contributed by atoms with Crippen molar-refractivity contribution in [1.29, 1.82) is 0 Å². The second kappa shape index (κ2) is 5.15. The first-order valence-electron chi connectivity index (χ1n) is 7.32. The van der Waals surface area contributed by atoms with E-state index in [1.165, 1.54) is 6.07 Å². The third-order valence-corrected chi connectivity index (χ3v) is 4.54. The molecule has 1 saturated heterocycles. The van der Waals surface area contributed by atoms with Crippen LogP contribution in [0.15, 0.2) is 6.07 Å². The molecule has 0 radical (unpaired) electrons. The molecule has 2 heterocycles. The van der Waals surface area contributed by atoms with E-state index in [2.05, 4.69) is 10.3 Å². The summed E-state index contributed by atoms with van der Waals surface area (Å²) < 4.78 is 14.7. The lowest BCUT2D eigenvalue weighted by atomic mass is 9.87. The summed E-state index contributed by atoms with van der Waals surface area (Å²) in [5.74, 6) is -0.794. The molecule has 1 amide bonds. The van der Waals surface area contributed by atoms with Crippen LogP contribution in [0.4, 0.5) is 4.39 Å². The molecule has 4 N–H and O–H groups in total. The summed E-state index contributed by atoms with van der Waals surface area (Å²) in [5.41, 5.74) is 8.95. The monoisotopic (exact) mass is 289 g/mol. The Labute approximate surface area is 122 Å². The highest BCUT2D eigenvalue weighted by atomic mass is 19.1. The van der Waals surface area contributed by atoms with Gasteiger partial charge in [-0.1, -0.05) is 0 Å². The lowest BCUT2D eigenvalue weighted by Crippen LogP contribution is -2.29. The number of benzene rings is 1. The fourth-order valence-corrected chi connectivity index (χ4v) is 3.35. The number of aryl methyl sites for hydroxylation is 2. The quantitative estimate of drug-likeness (QED) is 0.795. The number of piperidine rings is 1. The average molecular weight is 289 g/mol. The Kier molecular flexibility index (Phi) is 3.45. The molecule has 1 aromatic carbocycles. The molecule has 21 heavy (non-hydrogen) atoms. The summed E-state index contributed by atoms with van der Waals surface area (Å²) in [5, 5.41) is 4.15. The van der Waals surface area contributed by atoms with Gasteiger partial charge in [0.15, 0.2) is 0 Å². The minimum atomic E-state index is -0.603. The third kappa shape index (κ3) is 2.21. The number of carbonyl (C=O) groups excluding carboxylic acids is 1. The van der Waals surface area contributed by atoms with Crippen LogP contribution in [0, 0.1) is 19.7 Å². The Morgan fingerprint density at radius 2 is 2.19 bits per heavy atom. The molecule has 112 valence electrons. The molecule has 1 aliphatic rings. The van der Waals surface area contributed by atoms with Crippen LogP contribution < -0.4 is 11.1 Å². The van der Waals surface area contributed by atoms with Gasteiger partial charge in [-0.15, -0.1) is 0 Å². The Morgan fingerprint density at radius 3 is 2.81 bits per heavy atom. The molecular formula is C16H20FN3O. The predicted octanol–water partition coefficient (Wildman–Crippen LogP) is 2.49. The molecule has 3 rings (SSSR count). The molecule has 1 aliphatic heterocycles. The summed E-state index contributed by atoms with van der Waals surface area (Å²) >= 11 is 0. The Morgan fingerprint density at radius 1 is 1.43 bits per heavy atom. The Bertz CT molecular complexity index is 714. The summed E-state index contributed by atoms with van der Waals surface area (Å²) in [6.07, 6.45) is 1.99. The van der Waals surface area contributed by atoms with E-state index in [4.69, 9.17) is 5.73 Å². The number of aromatic nitrogens is 1. The molecule has 1 unspecified atom stereocenters. The highest BCUT2D eigenvalue weighted by molar-refractivity contribution is 6.07. The largest absolute Gasteiger partial charge is 0.366 e. The number of nitrogens with one attached hydrogen (secondary N) is 2. The summed E-state index contributed by atoms with van der Waals surface area (Å²) in [7, 11) is 0. The van der Waals surface area contributed by atoms with Crippen molar-refractivity contribution in [3.05, 3.63) is 34.3 Å². The minimum Gasteiger partial charge on any atom is -0.366 e. The Hall–Kier alpha value is -1.88. The number of hydrogen-bond acceptors (Lipinski definition) is 2. The number of amides is 1. The van der Waals surface area contributed by atoms with Crippen molar-refractivity contribution in [3.8, 4) is 0 Å². The van der Waals surface area contributed by atoms with Gasteiger partial charge in [-0.25, -0.2) is 4.39 Å². The smallest absolute Gasteiger partial charge is 0.250 e. The number of hydrogen-bond donors (Lipinski definition) is 3. The maximum absolute atomic E-state index is 14.7. The van der Waals surface area contributed by atoms with Gasteiger partial charge < -0.3 is 16.0 Å². The first kappa shape index (κ1) is 14.1. The lowest BCUT2D eigenvalue weighted by Gasteiger charge is -2.25. The number of nitrogens with two attached hydrogens (primary N) is 1. The molecule has 1 atom stereocenters. The summed E-state index contributed by atoms with van der Waals surface area (Å²) in [4.78, 5) is 14.8. The van der Waals surface area contributed by atoms with Crippen LogP contribution >= 0.6 is 0 Å². The standard InChI is InChI=1S/C16H20FN3O/c1-8-9(2)20-15-11(16(18)21)6-12(17)14(13(8)15)10-4-3-5-19-7-10/h6,10,19-20H,3-5,7H2,1-2H3,(H2,18,21). The first-order valence-corrected chi connectivity index (χ1v) is 7.32. The van der Waals surface area contributed by atoms with Gasteiger partial charge in [0.1, 0.15) is 5.82 Å². The van der Waals surface area contributed by atoms with Gasteiger partial charge in [-0.3, -0.25) is 4.79 Å². The molecule has 0 aliphatic carbocycles. The second-order valence-electron chi connectivity index (χ2n) is 5.85. The number of primary amides is 1. The molecule has 0 bridgehead atoms. The Balaban J connectivity index is 2.31. The van der Waals surface area contributed by atoms with Gasteiger partial charge in [-0.05, 0) is 50.8 Å². The molecule has 1 fully saturated rings. The van der Waals surface area contributed by atoms with E-state index in [9.17, 15) is 9.18 Å². The van der Waals surface area contributed by atoms with Crippen LogP contribution in [0.1, 0.15) is 45.9 Å². The lowest BCUT2D eigenvalue weighted by molar-refractivity contribution is 0.100. The molecule has 1 aromatic heterocycles. The van der Waals surface area contributed by atoms with Crippen LogP contribution in [0.2, 0.25) is 0 Å². The van der Waals surface area contributed by atoms with Gasteiger partial charge in [0, 0.05) is 23.2 Å². The normalized spacial score (nSPS) is 19.1. The third-order valence-electron chi connectivity index (χ3n) is 4.54. The first-order chi connectivity index (χ1) is 10.0. The van der Waals surface area contributed by atoms with Crippen molar-refractivity contribution in [2.75, 3.05) is 13.1 Å². The molecule has 4 nitrogen and oxygen atoms in total. The number of halogens is 1. The molecule has 5 heteroatoms. The van der Waals surface area contributed by atoms with E-state index in [0.717, 1.165) is 42.6 Å². The number of fused-ring (bicyclic) bond motifs is 1. The van der Waals surface area contributed by atoms with E-state index in [-0.39, 0.29) is 17.3 Å². The summed E-state index contributed by atoms with van der Waals surface area (Å²) in [6, 6.07) is 1.28. The number of rotatable bonds is 2. The van der Waals surface area contributed by atoms with Gasteiger partial charge in [0.05, 0.1) is 11.1 Å². The predicted molar refractivity (Wildman–Crippen MR) is 81.1 cm³/mol. The van der Waals surface area contributed by atoms with Crippen molar-refractivity contribution < 1.29 is 9.18 Å². The number of H-pyrrole nitrogens is 1. The highest BCUT2D eigenvalue weighted by Crippen LogP contribution is 2.36. The fraction of sp³-hybridized carbons (Fsp3) is 0.438. The summed E-state index contributed by atoms with van der Waals surface area (Å²) in [6.45, 7) is 5.64. The van der Waals surface area contributed by atoms with Gasteiger partial charge in [0.25, 0.3) is 5.91 Å². The van der Waals surface area contributed by atoms with Crippen molar-refractivity contribution in [2.24, 2.45) is 5.73 Å². The zero-order valence-corrected chi connectivity index (χ0v) is 12.3. The topological polar surface area (TPSA) is 70.9 Å². The average Bonchev–Trinajstić information content (AvgIpc) is 2.75. The highest BCUT2D eigenvalue weighted by Gasteiger charge is 2.26. The SMILES string of the molecule is Cc1[nH]c2c(C(N)=O)cc(F)c(C3CCCNC3)c2c1C. The van der Waals surface area contributed by atoms with E-state index in [1.54, 1.807) is 0 Å². The van der Waals surface area contributed by atoms with Crippen LogP contribution in [0.25, 0.3) is 10.9 Å². The number of aromatic amines is 1.